The van der Waals surface area contributed by atoms with E-state index in [1.54, 1.807) is 23.3 Å². The maximum atomic E-state index is 5.68. The molecule has 0 bridgehead atoms. The molecule has 0 aliphatic rings. The molecule has 6 nitrogen and oxygen atoms in total. The van der Waals surface area contributed by atoms with Crippen molar-refractivity contribution < 1.29 is 4.52 Å². The van der Waals surface area contributed by atoms with Crippen LogP contribution in [-0.4, -0.2) is 20.2 Å². The number of benzene rings is 1. The second-order valence-electron chi connectivity index (χ2n) is 3.50. The Hall–Kier alpha value is -2.63. The first-order valence-corrected chi connectivity index (χ1v) is 5.02. The molecule has 84 valence electrons. The number of nitrogen functional groups attached to an aromatic ring is 1. The van der Waals surface area contributed by atoms with Crippen molar-refractivity contribution in [1.82, 2.24) is 20.2 Å². The number of anilines is 1. The predicted molar refractivity (Wildman–Crippen MR) is 61.3 cm³/mol. The molecule has 0 spiro atoms. The minimum Gasteiger partial charge on any atom is -0.367 e. The molecule has 0 saturated carbocycles. The first-order valence-electron chi connectivity index (χ1n) is 5.02. The highest BCUT2D eigenvalue weighted by molar-refractivity contribution is 5.73. The Kier molecular flexibility index (Phi) is 2.11. The molecule has 0 saturated heterocycles. The second-order valence-corrected chi connectivity index (χ2v) is 3.50. The van der Waals surface area contributed by atoms with Crippen LogP contribution in [0.1, 0.15) is 0 Å². The molecule has 0 aliphatic heterocycles. The molecule has 3 aromatic rings. The van der Waals surface area contributed by atoms with Crippen LogP contribution in [0.3, 0.4) is 0 Å². The van der Waals surface area contributed by atoms with Crippen molar-refractivity contribution >= 4 is 5.88 Å². The summed E-state index contributed by atoms with van der Waals surface area (Å²) < 4.78 is 6.52. The van der Waals surface area contributed by atoms with Crippen molar-refractivity contribution in [3.8, 4) is 16.8 Å². The fourth-order valence-electron chi connectivity index (χ4n) is 1.63. The Bertz CT molecular complexity index is 629. The van der Waals surface area contributed by atoms with Crippen LogP contribution in [0, 0.1) is 0 Å². The zero-order valence-corrected chi connectivity index (χ0v) is 8.82. The van der Waals surface area contributed by atoms with E-state index in [9.17, 15) is 0 Å². The SMILES string of the molecule is Nc1oncc1-c1cccc(-n2ccnn2)c1. The summed E-state index contributed by atoms with van der Waals surface area (Å²) >= 11 is 0. The lowest BCUT2D eigenvalue weighted by Crippen LogP contribution is -1.95. The molecular weight excluding hydrogens is 218 g/mol. The number of nitrogens with zero attached hydrogens (tertiary/aromatic N) is 4. The van der Waals surface area contributed by atoms with Crippen molar-refractivity contribution in [2.45, 2.75) is 0 Å². The predicted octanol–water partition coefficient (Wildman–Crippen LogP) is 1.50. The van der Waals surface area contributed by atoms with Gasteiger partial charge in [-0.2, -0.15) is 0 Å². The molecule has 0 atom stereocenters. The number of aromatic nitrogens is 4. The molecule has 0 radical (unpaired) electrons. The third-order valence-corrected chi connectivity index (χ3v) is 2.44. The van der Waals surface area contributed by atoms with E-state index in [1.165, 1.54) is 0 Å². The van der Waals surface area contributed by atoms with Crippen LogP contribution >= 0.6 is 0 Å². The highest BCUT2D eigenvalue weighted by Gasteiger charge is 2.08. The molecule has 2 N–H and O–H groups in total. The van der Waals surface area contributed by atoms with Crippen molar-refractivity contribution in [3.05, 3.63) is 42.9 Å². The summed E-state index contributed by atoms with van der Waals surface area (Å²) in [6.07, 6.45) is 4.99. The van der Waals surface area contributed by atoms with Gasteiger partial charge in [-0.3, -0.25) is 0 Å². The Morgan fingerprint density at radius 2 is 2.24 bits per heavy atom. The number of hydrogen-bond acceptors (Lipinski definition) is 5. The average Bonchev–Trinajstić information content (AvgIpc) is 2.99. The first kappa shape index (κ1) is 9.59. The van der Waals surface area contributed by atoms with Gasteiger partial charge in [0.05, 0.1) is 29.8 Å². The standard InChI is InChI=1S/C11H9N5O/c12-11-10(7-14-17-11)8-2-1-3-9(6-8)16-5-4-13-15-16/h1-7H,12H2. The van der Waals surface area contributed by atoms with E-state index in [4.69, 9.17) is 10.3 Å². The van der Waals surface area contributed by atoms with E-state index in [-0.39, 0.29) is 0 Å². The zero-order chi connectivity index (χ0) is 11.7. The summed E-state index contributed by atoms with van der Waals surface area (Å²) in [6.45, 7) is 0. The number of hydrogen-bond donors (Lipinski definition) is 1. The summed E-state index contributed by atoms with van der Waals surface area (Å²) in [4.78, 5) is 0. The van der Waals surface area contributed by atoms with Gasteiger partial charge in [0.25, 0.3) is 0 Å². The molecule has 17 heavy (non-hydrogen) atoms. The fraction of sp³-hybridized carbons (Fsp3) is 0. The average molecular weight is 227 g/mol. The van der Waals surface area contributed by atoms with E-state index >= 15 is 0 Å². The second kappa shape index (κ2) is 3.75. The van der Waals surface area contributed by atoms with E-state index < -0.39 is 0 Å². The summed E-state index contributed by atoms with van der Waals surface area (Å²) in [5.74, 6) is 0.306. The van der Waals surface area contributed by atoms with Crippen molar-refractivity contribution in [1.29, 1.82) is 0 Å². The van der Waals surface area contributed by atoms with Gasteiger partial charge >= 0.3 is 0 Å². The third-order valence-electron chi connectivity index (χ3n) is 2.44. The summed E-state index contributed by atoms with van der Waals surface area (Å²) in [5, 5.41) is 11.3. The molecule has 1 aromatic carbocycles. The molecule has 2 aromatic heterocycles. The van der Waals surface area contributed by atoms with Gasteiger partial charge in [-0.05, 0) is 17.7 Å². The normalized spacial score (nSPS) is 10.6. The van der Waals surface area contributed by atoms with Crippen molar-refractivity contribution in [2.75, 3.05) is 5.73 Å². The third kappa shape index (κ3) is 1.65. The highest BCUT2D eigenvalue weighted by Crippen LogP contribution is 2.26. The monoisotopic (exact) mass is 227 g/mol. The molecular formula is C11H9N5O. The van der Waals surface area contributed by atoms with Crippen LogP contribution in [0.25, 0.3) is 16.8 Å². The van der Waals surface area contributed by atoms with Gasteiger partial charge in [-0.25, -0.2) is 4.68 Å². The van der Waals surface area contributed by atoms with Crippen molar-refractivity contribution in [2.24, 2.45) is 0 Å². The van der Waals surface area contributed by atoms with Gasteiger partial charge < -0.3 is 10.3 Å². The van der Waals surface area contributed by atoms with Gasteiger partial charge in [0.1, 0.15) is 0 Å². The Morgan fingerprint density at radius 3 is 2.94 bits per heavy atom. The lowest BCUT2D eigenvalue weighted by Gasteiger charge is -2.03. The Labute approximate surface area is 96.6 Å². The van der Waals surface area contributed by atoms with Gasteiger partial charge in [-0.15, -0.1) is 5.10 Å². The van der Waals surface area contributed by atoms with E-state index in [0.29, 0.717) is 5.88 Å². The topological polar surface area (TPSA) is 82.8 Å². The van der Waals surface area contributed by atoms with Gasteiger partial charge in [-0.1, -0.05) is 22.5 Å². The molecule has 6 heteroatoms. The number of nitrogens with two attached hydrogens (primary N) is 1. The van der Waals surface area contributed by atoms with Crippen LogP contribution in [0.15, 0.2) is 47.4 Å². The fourth-order valence-corrected chi connectivity index (χ4v) is 1.63. The van der Waals surface area contributed by atoms with E-state index in [0.717, 1.165) is 16.8 Å². The first-order chi connectivity index (χ1) is 8.34. The molecule has 0 amide bonds. The molecule has 0 unspecified atom stereocenters. The molecule has 0 aliphatic carbocycles. The van der Waals surface area contributed by atoms with Crippen LogP contribution in [-0.2, 0) is 0 Å². The quantitative estimate of drug-likeness (QED) is 0.717. The lowest BCUT2D eigenvalue weighted by atomic mass is 10.1. The Morgan fingerprint density at radius 1 is 1.29 bits per heavy atom. The van der Waals surface area contributed by atoms with E-state index in [1.807, 2.05) is 24.3 Å². The highest BCUT2D eigenvalue weighted by atomic mass is 16.5. The number of rotatable bonds is 2. The molecule has 3 rings (SSSR count). The largest absolute Gasteiger partial charge is 0.367 e. The minimum atomic E-state index is 0.306. The van der Waals surface area contributed by atoms with Gasteiger partial charge in [0.15, 0.2) is 0 Å². The van der Waals surface area contributed by atoms with Crippen molar-refractivity contribution in [3.63, 3.8) is 0 Å². The summed E-state index contributed by atoms with van der Waals surface area (Å²) in [6, 6.07) is 7.72. The van der Waals surface area contributed by atoms with Gasteiger partial charge in [0, 0.05) is 0 Å². The van der Waals surface area contributed by atoms with E-state index in [2.05, 4.69) is 15.5 Å². The maximum absolute atomic E-state index is 5.68. The molecule has 0 fully saturated rings. The smallest absolute Gasteiger partial charge is 0.229 e. The Balaban J connectivity index is 2.09. The van der Waals surface area contributed by atoms with Crippen LogP contribution in [0.4, 0.5) is 5.88 Å². The maximum Gasteiger partial charge on any atom is 0.229 e. The lowest BCUT2D eigenvalue weighted by molar-refractivity contribution is 0.436. The van der Waals surface area contributed by atoms with Crippen LogP contribution in [0.5, 0.6) is 0 Å². The van der Waals surface area contributed by atoms with Crippen LogP contribution in [0.2, 0.25) is 0 Å². The summed E-state index contributed by atoms with van der Waals surface area (Å²) in [5.41, 5.74) is 8.28. The van der Waals surface area contributed by atoms with Crippen LogP contribution < -0.4 is 5.73 Å². The zero-order valence-electron chi connectivity index (χ0n) is 8.82. The minimum absolute atomic E-state index is 0.306. The van der Waals surface area contributed by atoms with Gasteiger partial charge in [0.2, 0.25) is 5.88 Å². The summed E-state index contributed by atoms with van der Waals surface area (Å²) in [7, 11) is 0. The molecule has 2 heterocycles.